The van der Waals surface area contributed by atoms with Gasteiger partial charge in [0.2, 0.25) is 0 Å². The monoisotopic (exact) mass is 202 g/mol. The number of allylic oxidation sites excluding steroid dienone is 1. The van der Waals surface area contributed by atoms with Crippen molar-refractivity contribution < 1.29 is 4.74 Å². The molecule has 0 saturated carbocycles. The molecule has 2 rings (SSSR count). The van der Waals surface area contributed by atoms with Crippen LogP contribution in [-0.4, -0.2) is 7.11 Å². The molecule has 2 atom stereocenters. The van der Waals surface area contributed by atoms with Crippen molar-refractivity contribution in [1.82, 2.24) is 0 Å². The molecule has 0 unspecified atom stereocenters. The van der Waals surface area contributed by atoms with Crippen molar-refractivity contribution in [2.45, 2.75) is 25.7 Å². The first-order valence-electron chi connectivity index (χ1n) is 5.55. The Kier molecular flexibility index (Phi) is 2.81. The van der Waals surface area contributed by atoms with Crippen molar-refractivity contribution in [3.05, 3.63) is 42.0 Å². The molecule has 0 saturated heterocycles. The molecule has 1 aromatic rings. The Bertz CT molecular complexity index is 368. The Hall–Kier alpha value is -1.24. The molecule has 1 heteroatoms. The van der Waals surface area contributed by atoms with Crippen LogP contribution in [0.4, 0.5) is 0 Å². The van der Waals surface area contributed by atoms with Crippen LogP contribution in [-0.2, 0) is 6.42 Å². The summed E-state index contributed by atoms with van der Waals surface area (Å²) < 4.78 is 5.25. The van der Waals surface area contributed by atoms with Gasteiger partial charge in [0.05, 0.1) is 7.11 Å². The molecule has 80 valence electrons. The number of aryl methyl sites for hydroxylation is 1. The van der Waals surface area contributed by atoms with E-state index in [0.29, 0.717) is 11.8 Å². The van der Waals surface area contributed by atoms with Crippen molar-refractivity contribution in [1.29, 1.82) is 0 Å². The summed E-state index contributed by atoms with van der Waals surface area (Å²) in [4.78, 5) is 0. The molecular formula is C14H18O. The zero-order valence-corrected chi connectivity index (χ0v) is 9.49. The molecule has 1 aromatic carbocycles. The lowest BCUT2D eigenvalue weighted by Gasteiger charge is -2.29. The van der Waals surface area contributed by atoms with Gasteiger partial charge in [-0.05, 0) is 47.9 Å². The second-order valence-electron chi connectivity index (χ2n) is 4.29. The normalized spacial score (nSPS) is 24.4. The van der Waals surface area contributed by atoms with Crippen LogP contribution in [0.25, 0.3) is 0 Å². The Balaban J connectivity index is 2.36. The van der Waals surface area contributed by atoms with Gasteiger partial charge in [-0.15, -0.1) is 6.58 Å². The van der Waals surface area contributed by atoms with Crippen LogP contribution < -0.4 is 4.74 Å². The molecule has 0 fully saturated rings. The lowest BCUT2D eigenvalue weighted by Crippen LogP contribution is -2.16. The zero-order chi connectivity index (χ0) is 10.8. The fraction of sp³-hybridized carbons (Fsp3) is 0.429. The highest BCUT2D eigenvalue weighted by atomic mass is 16.5. The molecule has 1 aliphatic rings. The number of rotatable bonds is 2. The van der Waals surface area contributed by atoms with E-state index in [1.165, 1.54) is 17.5 Å². The second-order valence-corrected chi connectivity index (χ2v) is 4.29. The number of fused-ring (bicyclic) bond motifs is 1. The number of ether oxygens (including phenoxy) is 1. The molecule has 0 radical (unpaired) electrons. The number of methoxy groups -OCH3 is 1. The molecule has 15 heavy (non-hydrogen) atoms. The van der Waals surface area contributed by atoms with E-state index in [-0.39, 0.29) is 0 Å². The van der Waals surface area contributed by atoms with E-state index >= 15 is 0 Å². The third-order valence-corrected chi connectivity index (χ3v) is 3.53. The van der Waals surface area contributed by atoms with Crippen molar-refractivity contribution in [2.75, 3.05) is 7.11 Å². The van der Waals surface area contributed by atoms with Crippen LogP contribution in [0.2, 0.25) is 0 Å². The van der Waals surface area contributed by atoms with E-state index in [0.717, 1.165) is 12.2 Å². The maximum atomic E-state index is 5.25. The van der Waals surface area contributed by atoms with E-state index < -0.39 is 0 Å². The predicted molar refractivity (Wildman–Crippen MR) is 63.4 cm³/mol. The van der Waals surface area contributed by atoms with Crippen LogP contribution in [0, 0.1) is 5.92 Å². The maximum absolute atomic E-state index is 5.25. The number of hydrogen-bond donors (Lipinski definition) is 0. The summed E-state index contributed by atoms with van der Waals surface area (Å²) in [5, 5.41) is 0. The first-order chi connectivity index (χ1) is 7.26. The maximum Gasteiger partial charge on any atom is 0.119 e. The molecule has 0 amide bonds. The van der Waals surface area contributed by atoms with Gasteiger partial charge >= 0.3 is 0 Å². The van der Waals surface area contributed by atoms with E-state index in [1.54, 1.807) is 7.11 Å². The summed E-state index contributed by atoms with van der Waals surface area (Å²) in [6.07, 6.45) is 4.45. The fourth-order valence-electron chi connectivity index (χ4n) is 2.49. The molecule has 1 aliphatic carbocycles. The second kappa shape index (κ2) is 4.09. The highest BCUT2D eigenvalue weighted by molar-refractivity contribution is 5.40. The first-order valence-corrected chi connectivity index (χ1v) is 5.55. The van der Waals surface area contributed by atoms with E-state index in [9.17, 15) is 0 Å². The standard InChI is InChI=1S/C14H18O/c1-4-11-5-6-12-9-13(15-3)7-8-14(12)10(11)2/h4,7-11H,1,5-6H2,2-3H3/t10-,11-/m1/s1. The van der Waals surface area contributed by atoms with E-state index in [4.69, 9.17) is 4.74 Å². The molecule has 1 nitrogen and oxygen atoms in total. The number of hydrogen-bond acceptors (Lipinski definition) is 1. The van der Waals surface area contributed by atoms with Gasteiger partial charge in [0.15, 0.2) is 0 Å². The summed E-state index contributed by atoms with van der Waals surface area (Å²) >= 11 is 0. The fourth-order valence-corrected chi connectivity index (χ4v) is 2.49. The minimum atomic E-state index is 0.595. The molecule has 0 heterocycles. The van der Waals surface area contributed by atoms with Gasteiger partial charge in [0.1, 0.15) is 5.75 Å². The van der Waals surface area contributed by atoms with E-state index in [2.05, 4.69) is 37.8 Å². The minimum Gasteiger partial charge on any atom is -0.497 e. The van der Waals surface area contributed by atoms with Crippen molar-refractivity contribution in [2.24, 2.45) is 5.92 Å². The van der Waals surface area contributed by atoms with Gasteiger partial charge in [-0.3, -0.25) is 0 Å². The first kappa shape index (κ1) is 10.3. The van der Waals surface area contributed by atoms with Gasteiger partial charge in [0, 0.05) is 0 Å². The highest BCUT2D eigenvalue weighted by Gasteiger charge is 2.23. The zero-order valence-electron chi connectivity index (χ0n) is 9.49. The van der Waals surface area contributed by atoms with Gasteiger partial charge in [-0.1, -0.05) is 19.1 Å². The van der Waals surface area contributed by atoms with Gasteiger partial charge < -0.3 is 4.74 Å². The minimum absolute atomic E-state index is 0.595. The Labute approximate surface area is 91.8 Å². The summed E-state index contributed by atoms with van der Waals surface area (Å²) in [5.74, 6) is 2.20. The quantitative estimate of drug-likeness (QED) is 0.666. The van der Waals surface area contributed by atoms with Crippen LogP contribution in [0.5, 0.6) is 5.75 Å². The number of benzene rings is 1. The Morgan fingerprint density at radius 2 is 2.27 bits per heavy atom. The summed E-state index contributed by atoms with van der Waals surface area (Å²) in [5.41, 5.74) is 2.91. The predicted octanol–water partition coefficient (Wildman–Crippen LogP) is 3.55. The topological polar surface area (TPSA) is 9.23 Å². The lowest BCUT2D eigenvalue weighted by molar-refractivity contribution is 0.411. The average molecular weight is 202 g/mol. The largest absolute Gasteiger partial charge is 0.497 e. The molecule has 0 aromatic heterocycles. The summed E-state index contributed by atoms with van der Waals surface area (Å²) in [6, 6.07) is 6.43. The third-order valence-electron chi connectivity index (χ3n) is 3.53. The van der Waals surface area contributed by atoms with Crippen LogP contribution >= 0.6 is 0 Å². The van der Waals surface area contributed by atoms with Gasteiger partial charge in [0.25, 0.3) is 0 Å². The third kappa shape index (κ3) is 1.79. The molecular weight excluding hydrogens is 184 g/mol. The smallest absolute Gasteiger partial charge is 0.119 e. The molecule has 0 aliphatic heterocycles. The van der Waals surface area contributed by atoms with Crippen LogP contribution in [0.15, 0.2) is 30.9 Å². The van der Waals surface area contributed by atoms with Crippen LogP contribution in [0.3, 0.4) is 0 Å². The Morgan fingerprint density at radius 3 is 2.93 bits per heavy atom. The molecule has 0 N–H and O–H groups in total. The highest BCUT2D eigenvalue weighted by Crippen LogP contribution is 2.37. The summed E-state index contributed by atoms with van der Waals surface area (Å²) in [7, 11) is 1.72. The van der Waals surface area contributed by atoms with E-state index in [1.807, 2.05) is 0 Å². The van der Waals surface area contributed by atoms with Crippen molar-refractivity contribution >= 4 is 0 Å². The van der Waals surface area contributed by atoms with Crippen LogP contribution in [0.1, 0.15) is 30.4 Å². The summed E-state index contributed by atoms with van der Waals surface area (Å²) in [6.45, 7) is 6.21. The van der Waals surface area contributed by atoms with Gasteiger partial charge in [-0.25, -0.2) is 0 Å². The Morgan fingerprint density at radius 1 is 1.47 bits per heavy atom. The average Bonchev–Trinajstić information content (AvgIpc) is 2.29. The molecule has 0 bridgehead atoms. The van der Waals surface area contributed by atoms with Crippen molar-refractivity contribution in [3.8, 4) is 5.75 Å². The van der Waals surface area contributed by atoms with Gasteiger partial charge in [-0.2, -0.15) is 0 Å². The SMILES string of the molecule is C=C[C@@H]1CCc2cc(OC)ccc2[C@@H]1C. The van der Waals surface area contributed by atoms with Crippen molar-refractivity contribution in [3.63, 3.8) is 0 Å². The molecule has 0 spiro atoms. The lowest BCUT2D eigenvalue weighted by atomic mass is 9.76.